The summed E-state index contributed by atoms with van der Waals surface area (Å²) in [5.41, 5.74) is 0.416. The zero-order chi connectivity index (χ0) is 9.22. The van der Waals surface area contributed by atoms with Crippen LogP contribution < -0.4 is 0 Å². The van der Waals surface area contributed by atoms with Crippen molar-refractivity contribution in [1.82, 2.24) is 0 Å². The second-order valence-electron chi connectivity index (χ2n) is 5.69. The van der Waals surface area contributed by atoms with E-state index >= 15 is 0 Å². The van der Waals surface area contributed by atoms with Crippen LogP contribution in [0.5, 0.6) is 0 Å². The van der Waals surface area contributed by atoms with Crippen LogP contribution in [0.2, 0.25) is 0 Å². The average molecular weight is 178 g/mol. The molecule has 3 fully saturated rings. The van der Waals surface area contributed by atoms with Gasteiger partial charge in [0.15, 0.2) is 0 Å². The summed E-state index contributed by atoms with van der Waals surface area (Å²) in [5, 5.41) is 0. The average Bonchev–Trinajstić information content (AvgIpc) is 2.30. The van der Waals surface area contributed by atoms with Gasteiger partial charge in [-0.2, -0.15) is 0 Å². The molecule has 0 aromatic rings. The quantitative estimate of drug-likeness (QED) is 0.557. The van der Waals surface area contributed by atoms with E-state index in [1.54, 1.807) is 0 Å². The normalized spacial score (nSPS) is 58.8. The molecule has 1 heteroatoms. The fraction of sp³-hybridized carbons (Fsp3) is 0.917. The summed E-state index contributed by atoms with van der Waals surface area (Å²) < 4.78 is 0. The Labute approximate surface area is 79.9 Å². The standard InChI is InChI=1S/C12H18O/c1-7-5-6-12(2)9-4-3-8(9)11(13)10(7)12/h7-10H,3-6H2,1-2H3/t7-,8-,9-,10+,12+/m1/s1. The van der Waals surface area contributed by atoms with Gasteiger partial charge in [-0.1, -0.05) is 13.8 Å². The first kappa shape index (κ1) is 8.02. The van der Waals surface area contributed by atoms with Gasteiger partial charge in [0.05, 0.1) is 0 Å². The number of rotatable bonds is 0. The summed E-state index contributed by atoms with van der Waals surface area (Å²) in [7, 11) is 0. The van der Waals surface area contributed by atoms with Crippen LogP contribution in [0, 0.1) is 29.1 Å². The van der Waals surface area contributed by atoms with Crippen molar-refractivity contribution in [3.05, 3.63) is 0 Å². The first-order valence-corrected chi connectivity index (χ1v) is 5.68. The van der Waals surface area contributed by atoms with E-state index in [1.807, 2.05) is 0 Å². The Hall–Kier alpha value is -0.330. The number of hydrogen-bond acceptors (Lipinski definition) is 1. The summed E-state index contributed by atoms with van der Waals surface area (Å²) in [6.45, 7) is 4.65. The lowest BCUT2D eigenvalue weighted by Crippen LogP contribution is -2.33. The van der Waals surface area contributed by atoms with Crippen LogP contribution in [0.25, 0.3) is 0 Å². The SMILES string of the molecule is C[C@@H]1CC[C@@]2(C)[C@@H]3CC[C@H]3C(=O)[C@H]12. The van der Waals surface area contributed by atoms with Gasteiger partial charge in [-0.15, -0.1) is 0 Å². The Bertz CT molecular complexity index is 270. The molecule has 3 aliphatic carbocycles. The second-order valence-corrected chi connectivity index (χ2v) is 5.69. The molecule has 0 heterocycles. The molecule has 0 aliphatic heterocycles. The van der Waals surface area contributed by atoms with Gasteiger partial charge in [-0.3, -0.25) is 4.79 Å². The van der Waals surface area contributed by atoms with Crippen molar-refractivity contribution < 1.29 is 4.79 Å². The predicted octanol–water partition coefficient (Wildman–Crippen LogP) is 2.65. The maximum Gasteiger partial charge on any atom is 0.140 e. The molecule has 0 radical (unpaired) electrons. The largest absolute Gasteiger partial charge is 0.299 e. The summed E-state index contributed by atoms with van der Waals surface area (Å²) in [6.07, 6.45) is 5.13. The van der Waals surface area contributed by atoms with Gasteiger partial charge in [0.2, 0.25) is 0 Å². The highest BCUT2D eigenvalue weighted by molar-refractivity contribution is 5.88. The minimum absolute atomic E-state index is 0.416. The van der Waals surface area contributed by atoms with E-state index in [9.17, 15) is 4.79 Å². The van der Waals surface area contributed by atoms with E-state index in [0.29, 0.717) is 29.0 Å². The highest BCUT2D eigenvalue weighted by Crippen LogP contribution is 2.65. The van der Waals surface area contributed by atoms with Gasteiger partial charge in [-0.05, 0) is 42.9 Å². The van der Waals surface area contributed by atoms with Crippen molar-refractivity contribution in [3.8, 4) is 0 Å². The Morgan fingerprint density at radius 3 is 2.69 bits per heavy atom. The van der Waals surface area contributed by atoms with Crippen molar-refractivity contribution in [3.63, 3.8) is 0 Å². The number of ketones is 1. The Kier molecular flexibility index (Phi) is 1.35. The van der Waals surface area contributed by atoms with Gasteiger partial charge in [-0.25, -0.2) is 0 Å². The third kappa shape index (κ3) is 0.730. The molecule has 5 atom stereocenters. The van der Waals surface area contributed by atoms with Crippen LogP contribution in [-0.4, -0.2) is 5.78 Å². The molecular weight excluding hydrogens is 160 g/mol. The molecular formula is C12H18O. The maximum atomic E-state index is 12.1. The van der Waals surface area contributed by atoms with Crippen molar-refractivity contribution in [1.29, 1.82) is 0 Å². The molecule has 72 valence electrons. The minimum atomic E-state index is 0.416. The molecule has 3 aliphatic rings. The lowest BCUT2D eigenvalue weighted by molar-refractivity contribution is -0.127. The van der Waals surface area contributed by atoms with Crippen molar-refractivity contribution >= 4 is 5.78 Å². The van der Waals surface area contributed by atoms with Gasteiger partial charge >= 0.3 is 0 Å². The topological polar surface area (TPSA) is 17.1 Å². The van der Waals surface area contributed by atoms with Crippen LogP contribution in [0.3, 0.4) is 0 Å². The maximum absolute atomic E-state index is 12.1. The Morgan fingerprint density at radius 1 is 1.31 bits per heavy atom. The highest BCUT2D eigenvalue weighted by atomic mass is 16.1. The van der Waals surface area contributed by atoms with E-state index in [1.165, 1.54) is 25.7 Å². The first-order chi connectivity index (χ1) is 6.14. The molecule has 0 unspecified atom stereocenters. The van der Waals surface area contributed by atoms with E-state index in [0.717, 1.165) is 5.92 Å². The summed E-state index contributed by atoms with van der Waals surface area (Å²) in [6, 6.07) is 0. The lowest BCUT2D eigenvalue weighted by atomic mass is 9.65. The van der Waals surface area contributed by atoms with Crippen LogP contribution in [0.1, 0.15) is 39.5 Å². The van der Waals surface area contributed by atoms with Crippen molar-refractivity contribution in [2.45, 2.75) is 39.5 Å². The zero-order valence-corrected chi connectivity index (χ0v) is 8.55. The number of hydrogen-bond donors (Lipinski definition) is 0. The van der Waals surface area contributed by atoms with Crippen molar-refractivity contribution in [2.24, 2.45) is 29.1 Å². The van der Waals surface area contributed by atoms with E-state index in [-0.39, 0.29) is 0 Å². The summed E-state index contributed by atoms with van der Waals surface area (Å²) >= 11 is 0. The van der Waals surface area contributed by atoms with E-state index in [2.05, 4.69) is 13.8 Å². The van der Waals surface area contributed by atoms with Crippen LogP contribution in [0.15, 0.2) is 0 Å². The molecule has 0 bridgehead atoms. The minimum Gasteiger partial charge on any atom is -0.299 e. The van der Waals surface area contributed by atoms with E-state index < -0.39 is 0 Å². The molecule has 0 aromatic carbocycles. The highest BCUT2D eigenvalue weighted by Gasteiger charge is 2.63. The molecule has 13 heavy (non-hydrogen) atoms. The van der Waals surface area contributed by atoms with Crippen LogP contribution in [-0.2, 0) is 4.79 Å². The smallest absolute Gasteiger partial charge is 0.140 e. The van der Waals surface area contributed by atoms with E-state index in [4.69, 9.17) is 0 Å². The van der Waals surface area contributed by atoms with Gasteiger partial charge < -0.3 is 0 Å². The molecule has 0 amide bonds. The van der Waals surface area contributed by atoms with Crippen LogP contribution >= 0.6 is 0 Å². The van der Waals surface area contributed by atoms with Gasteiger partial charge in [0.25, 0.3) is 0 Å². The Morgan fingerprint density at radius 2 is 2.08 bits per heavy atom. The lowest BCUT2D eigenvalue weighted by Gasteiger charge is -2.39. The van der Waals surface area contributed by atoms with Crippen LogP contribution in [0.4, 0.5) is 0 Å². The first-order valence-electron chi connectivity index (χ1n) is 5.68. The molecule has 0 aromatic heterocycles. The second kappa shape index (κ2) is 2.18. The van der Waals surface area contributed by atoms with Crippen molar-refractivity contribution in [2.75, 3.05) is 0 Å². The Balaban J connectivity index is 2.03. The summed E-state index contributed by atoms with van der Waals surface area (Å²) in [4.78, 5) is 12.1. The molecule has 0 spiro atoms. The monoisotopic (exact) mass is 178 g/mol. The molecule has 3 saturated carbocycles. The molecule has 0 N–H and O–H groups in total. The molecule has 3 rings (SSSR count). The zero-order valence-electron chi connectivity index (χ0n) is 8.55. The number of Topliss-reactive ketones (excluding diaryl/α,β-unsaturated/α-hetero) is 1. The number of fused-ring (bicyclic) bond motifs is 3. The van der Waals surface area contributed by atoms with Gasteiger partial charge in [0.1, 0.15) is 5.78 Å². The number of carbonyl (C=O) groups is 1. The molecule has 1 nitrogen and oxygen atoms in total. The third-order valence-electron chi connectivity index (χ3n) is 5.21. The number of carbonyl (C=O) groups excluding carboxylic acids is 1. The fourth-order valence-electron chi connectivity index (χ4n) is 4.39. The predicted molar refractivity (Wildman–Crippen MR) is 51.2 cm³/mol. The molecule has 0 saturated heterocycles. The third-order valence-corrected chi connectivity index (χ3v) is 5.21. The fourth-order valence-corrected chi connectivity index (χ4v) is 4.39. The van der Waals surface area contributed by atoms with Gasteiger partial charge in [0, 0.05) is 11.8 Å². The summed E-state index contributed by atoms with van der Waals surface area (Å²) in [5.74, 6) is 2.99.